The number of nitrogens with two attached hydrogens (primary N) is 1. The van der Waals surface area contributed by atoms with Gasteiger partial charge in [0.25, 0.3) is 6.47 Å². The molecule has 0 amide bonds. The third-order valence-corrected chi connectivity index (χ3v) is 3.39. The van der Waals surface area contributed by atoms with E-state index in [0.29, 0.717) is 12.4 Å². The van der Waals surface area contributed by atoms with Crippen molar-refractivity contribution in [2.75, 3.05) is 7.05 Å². The van der Waals surface area contributed by atoms with Gasteiger partial charge in [0.1, 0.15) is 6.10 Å². The van der Waals surface area contributed by atoms with Gasteiger partial charge in [0.2, 0.25) is 0 Å². The summed E-state index contributed by atoms with van der Waals surface area (Å²) in [5.41, 5.74) is 6.08. The average molecular weight is 200 g/mol. The Morgan fingerprint density at radius 3 is 2.64 bits per heavy atom. The zero-order valence-corrected chi connectivity index (χ0v) is 9.07. The molecular weight excluding hydrogens is 180 g/mol. The van der Waals surface area contributed by atoms with E-state index in [1.807, 2.05) is 7.05 Å². The highest BCUT2D eigenvalue weighted by Crippen LogP contribution is 2.29. The van der Waals surface area contributed by atoms with E-state index in [4.69, 9.17) is 10.5 Å². The predicted octanol–water partition coefficient (Wildman–Crippen LogP) is 0.119. The van der Waals surface area contributed by atoms with Crippen LogP contribution in [0.3, 0.4) is 0 Å². The van der Waals surface area contributed by atoms with E-state index in [9.17, 15) is 4.79 Å². The second kappa shape index (κ2) is 4.75. The minimum atomic E-state index is -0.000231. The maximum absolute atomic E-state index is 10.3. The molecule has 0 heterocycles. The van der Waals surface area contributed by atoms with Gasteiger partial charge in [0.15, 0.2) is 0 Å². The van der Waals surface area contributed by atoms with E-state index < -0.39 is 0 Å². The Kier molecular flexibility index (Phi) is 3.89. The highest BCUT2D eigenvalue weighted by molar-refractivity contribution is 5.37. The van der Waals surface area contributed by atoms with Gasteiger partial charge in [0.05, 0.1) is 0 Å². The molecule has 0 bridgehead atoms. The van der Waals surface area contributed by atoms with Crippen LogP contribution in [0.4, 0.5) is 0 Å². The summed E-state index contributed by atoms with van der Waals surface area (Å²) in [5.74, 6) is 0.657. The molecule has 0 aromatic carbocycles. The Morgan fingerprint density at radius 1 is 1.50 bits per heavy atom. The fourth-order valence-electron chi connectivity index (χ4n) is 2.38. The molecule has 14 heavy (non-hydrogen) atoms. The SMILES string of the molecule is CNC1[C@@H](C)[C@@H](OC=O)C[C@@H](C)[C@H]1N. The maximum Gasteiger partial charge on any atom is 0.293 e. The summed E-state index contributed by atoms with van der Waals surface area (Å²) < 4.78 is 5.07. The smallest absolute Gasteiger partial charge is 0.293 e. The molecule has 1 aliphatic rings. The lowest BCUT2D eigenvalue weighted by molar-refractivity contribution is -0.139. The number of carbonyl (C=O) groups is 1. The van der Waals surface area contributed by atoms with Crippen molar-refractivity contribution >= 4 is 6.47 Å². The van der Waals surface area contributed by atoms with Crippen LogP contribution in [-0.4, -0.2) is 31.7 Å². The van der Waals surface area contributed by atoms with Crippen molar-refractivity contribution in [1.29, 1.82) is 0 Å². The summed E-state index contributed by atoms with van der Waals surface area (Å²) in [6.07, 6.45) is 0.860. The van der Waals surface area contributed by atoms with Gasteiger partial charge >= 0.3 is 0 Å². The van der Waals surface area contributed by atoms with Crippen LogP contribution in [-0.2, 0) is 9.53 Å². The summed E-state index contributed by atoms with van der Waals surface area (Å²) in [6, 6.07) is 0.366. The Bertz CT molecular complexity index is 199. The minimum absolute atomic E-state index is 0.000231. The van der Waals surface area contributed by atoms with Gasteiger partial charge in [-0.3, -0.25) is 4.79 Å². The molecule has 1 unspecified atom stereocenters. The number of hydrogen-bond acceptors (Lipinski definition) is 4. The fourth-order valence-corrected chi connectivity index (χ4v) is 2.38. The Hall–Kier alpha value is -0.610. The number of nitrogens with one attached hydrogen (secondary N) is 1. The van der Waals surface area contributed by atoms with E-state index in [0.717, 1.165) is 6.42 Å². The van der Waals surface area contributed by atoms with Crippen molar-refractivity contribution in [2.45, 2.75) is 38.5 Å². The van der Waals surface area contributed by atoms with Gasteiger partial charge in [-0.15, -0.1) is 0 Å². The Morgan fingerprint density at radius 2 is 2.14 bits per heavy atom. The quantitative estimate of drug-likeness (QED) is 0.635. The fraction of sp³-hybridized carbons (Fsp3) is 0.900. The van der Waals surface area contributed by atoms with Crippen LogP contribution in [0.5, 0.6) is 0 Å². The molecule has 4 nitrogen and oxygen atoms in total. The summed E-state index contributed by atoms with van der Waals surface area (Å²) >= 11 is 0. The Balaban J connectivity index is 2.69. The first-order valence-corrected chi connectivity index (χ1v) is 5.13. The third kappa shape index (κ3) is 2.07. The molecule has 1 rings (SSSR count). The van der Waals surface area contributed by atoms with E-state index in [2.05, 4.69) is 19.2 Å². The van der Waals surface area contributed by atoms with E-state index in [-0.39, 0.29) is 24.1 Å². The van der Waals surface area contributed by atoms with Crippen LogP contribution in [0.25, 0.3) is 0 Å². The van der Waals surface area contributed by atoms with Gasteiger partial charge in [0, 0.05) is 18.0 Å². The number of likely N-dealkylation sites (N-methyl/N-ethyl adjacent to an activating group) is 1. The Labute approximate surface area is 85.2 Å². The molecule has 1 fully saturated rings. The molecule has 1 saturated carbocycles. The van der Waals surface area contributed by atoms with Gasteiger partial charge < -0.3 is 15.8 Å². The van der Waals surface area contributed by atoms with E-state index >= 15 is 0 Å². The number of carbonyl (C=O) groups excluding carboxylic acids is 1. The van der Waals surface area contributed by atoms with Crippen molar-refractivity contribution in [3.63, 3.8) is 0 Å². The van der Waals surface area contributed by atoms with Crippen molar-refractivity contribution in [3.8, 4) is 0 Å². The summed E-state index contributed by atoms with van der Waals surface area (Å²) in [6.45, 7) is 4.71. The highest BCUT2D eigenvalue weighted by atomic mass is 16.5. The number of ether oxygens (including phenoxy) is 1. The van der Waals surface area contributed by atoms with Crippen LogP contribution in [0.2, 0.25) is 0 Å². The minimum Gasteiger partial charge on any atom is -0.464 e. The standard InChI is InChI=1S/C10H20N2O2/c1-6-4-8(14-5-13)7(2)10(12-3)9(6)11/h5-10,12H,4,11H2,1-3H3/t6-,7+,8+,9-,10?/m1/s1. The van der Waals surface area contributed by atoms with Crippen molar-refractivity contribution in [1.82, 2.24) is 5.32 Å². The first-order valence-electron chi connectivity index (χ1n) is 5.13. The van der Waals surface area contributed by atoms with Crippen LogP contribution in [0.15, 0.2) is 0 Å². The lowest BCUT2D eigenvalue weighted by atomic mass is 9.74. The van der Waals surface area contributed by atoms with Crippen molar-refractivity contribution in [2.24, 2.45) is 17.6 Å². The molecule has 0 aromatic rings. The molecule has 0 aromatic heterocycles. The second-order valence-corrected chi connectivity index (χ2v) is 4.23. The second-order valence-electron chi connectivity index (χ2n) is 4.23. The average Bonchev–Trinajstić information content (AvgIpc) is 2.16. The molecule has 0 spiro atoms. The number of hydrogen-bond donors (Lipinski definition) is 2. The van der Waals surface area contributed by atoms with Crippen molar-refractivity contribution < 1.29 is 9.53 Å². The van der Waals surface area contributed by atoms with E-state index in [1.54, 1.807) is 0 Å². The zero-order valence-electron chi connectivity index (χ0n) is 9.07. The zero-order chi connectivity index (χ0) is 10.7. The molecule has 0 radical (unpaired) electrons. The van der Waals surface area contributed by atoms with Crippen molar-refractivity contribution in [3.05, 3.63) is 0 Å². The van der Waals surface area contributed by atoms with Crippen LogP contribution < -0.4 is 11.1 Å². The molecule has 3 N–H and O–H groups in total. The van der Waals surface area contributed by atoms with Gasteiger partial charge in [-0.1, -0.05) is 13.8 Å². The first-order chi connectivity index (χ1) is 6.61. The van der Waals surface area contributed by atoms with Gasteiger partial charge in [-0.25, -0.2) is 0 Å². The summed E-state index contributed by atoms with van der Waals surface area (Å²) in [7, 11) is 1.90. The molecular formula is C10H20N2O2. The molecule has 82 valence electrons. The third-order valence-electron chi connectivity index (χ3n) is 3.39. The van der Waals surface area contributed by atoms with Crippen LogP contribution >= 0.6 is 0 Å². The molecule has 5 atom stereocenters. The van der Waals surface area contributed by atoms with Crippen LogP contribution in [0, 0.1) is 11.8 Å². The normalized spacial score (nSPS) is 43.3. The lowest BCUT2D eigenvalue weighted by Crippen LogP contribution is -2.58. The van der Waals surface area contributed by atoms with E-state index in [1.165, 1.54) is 0 Å². The monoisotopic (exact) mass is 200 g/mol. The largest absolute Gasteiger partial charge is 0.464 e. The highest BCUT2D eigenvalue weighted by Gasteiger charge is 2.39. The summed E-state index contributed by atoms with van der Waals surface area (Å²) in [5, 5.41) is 3.20. The summed E-state index contributed by atoms with van der Waals surface area (Å²) in [4.78, 5) is 10.3. The molecule has 0 aliphatic heterocycles. The first kappa shape index (κ1) is 11.5. The van der Waals surface area contributed by atoms with Gasteiger partial charge in [-0.2, -0.15) is 0 Å². The van der Waals surface area contributed by atoms with Crippen LogP contribution in [0.1, 0.15) is 20.3 Å². The molecule has 4 heteroatoms. The predicted molar refractivity (Wildman–Crippen MR) is 54.7 cm³/mol. The molecule has 1 aliphatic carbocycles. The maximum atomic E-state index is 10.3. The van der Waals surface area contributed by atoms with Gasteiger partial charge in [-0.05, 0) is 19.4 Å². The lowest BCUT2D eigenvalue weighted by Gasteiger charge is -2.42. The number of rotatable bonds is 3. The topological polar surface area (TPSA) is 64.3 Å². The molecule has 0 saturated heterocycles.